The minimum atomic E-state index is 0.0687. The summed E-state index contributed by atoms with van der Waals surface area (Å²) in [7, 11) is 0. The molecule has 1 amide bonds. The van der Waals surface area contributed by atoms with Crippen molar-refractivity contribution in [2.24, 2.45) is 0 Å². The maximum absolute atomic E-state index is 13.0. The summed E-state index contributed by atoms with van der Waals surface area (Å²) in [5, 5.41) is 3.59. The molecule has 6 heteroatoms. The van der Waals surface area contributed by atoms with Gasteiger partial charge in [-0.1, -0.05) is 48.5 Å². The summed E-state index contributed by atoms with van der Waals surface area (Å²) in [6.07, 6.45) is 1.74. The zero-order chi connectivity index (χ0) is 21.8. The first kappa shape index (κ1) is 20.5. The molecule has 2 aliphatic heterocycles. The number of nitrogens with one attached hydrogen (secondary N) is 1. The lowest BCUT2D eigenvalue weighted by atomic mass is 10.0. The second-order valence-electron chi connectivity index (χ2n) is 8.38. The number of amides is 1. The third-order valence-corrected chi connectivity index (χ3v) is 6.38. The average Bonchev–Trinajstić information content (AvgIpc) is 2.89. The third kappa shape index (κ3) is 4.46. The van der Waals surface area contributed by atoms with E-state index >= 15 is 0 Å². The van der Waals surface area contributed by atoms with Crippen molar-refractivity contribution >= 4 is 17.4 Å². The van der Waals surface area contributed by atoms with Crippen LogP contribution in [0, 0.1) is 0 Å². The zero-order valence-corrected chi connectivity index (χ0v) is 18.2. The third-order valence-electron chi connectivity index (χ3n) is 6.38. The van der Waals surface area contributed by atoms with Crippen LogP contribution in [-0.4, -0.2) is 61.6 Å². The van der Waals surface area contributed by atoms with Crippen molar-refractivity contribution in [1.82, 2.24) is 15.2 Å². The lowest BCUT2D eigenvalue weighted by molar-refractivity contribution is 0.0746. The number of carbonyl (C=O) groups excluding carboxylic acids is 1. The van der Waals surface area contributed by atoms with Gasteiger partial charge >= 0.3 is 0 Å². The summed E-state index contributed by atoms with van der Waals surface area (Å²) in [6, 6.07) is 25.1. The quantitative estimate of drug-likeness (QED) is 0.693. The van der Waals surface area contributed by atoms with Crippen LogP contribution in [0.25, 0.3) is 0 Å². The molecule has 0 bridgehead atoms. The van der Waals surface area contributed by atoms with Crippen LogP contribution in [-0.2, 0) is 0 Å². The van der Waals surface area contributed by atoms with Gasteiger partial charge in [-0.15, -0.1) is 0 Å². The van der Waals surface area contributed by atoms with Crippen LogP contribution in [0.1, 0.15) is 22.0 Å². The van der Waals surface area contributed by atoms with E-state index in [1.54, 1.807) is 6.20 Å². The van der Waals surface area contributed by atoms with E-state index in [0.717, 1.165) is 51.6 Å². The van der Waals surface area contributed by atoms with Crippen molar-refractivity contribution in [2.45, 2.75) is 6.04 Å². The van der Waals surface area contributed by atoms with Crippen molar-refractivity contribution in [2.75, 3.05) is 55.6 Å². The number of benzene rings is 2. The molecule has 164 valence electrons. The normalized spacial score (nSPS) is 19.1. The van der Waals surface area contributed by atoms with Gasteiger partial charge in [0.2, 0.25) is 0 Å². The number of pyridine rings is 1. The van der Waals surface area contributed by atoms with Gasteiger partial charge in [-0.3, -0.25) is 4.79 Å². The number of nitrogens with zero attached hydrogens (tertiary/aromatic N) is 4. The second kappa shape index (κ2) is 9.40. The van der Waals surface area contributed by atoms with Gasteiger partial charge in [0.05, 0.1) is 5.56 Å². The van der Waals surface area contributed by atoms with Gasteiger partial charge in [-0.25, -0.2) is 4.98 Å². The minimum absolute atomic E-state index is 0.0687. The largest absolute Gasteiger partial charge is 0.368 e. The second-order valence-corrected chi connectivity index (χ2v) is 8.38. The Morgan fingerprint density at radius 2 is 1.53 bits per heavy atom. The lowest BCUT2D eigenvalue weighted by Gasteiger charge is -2.36. The Hall–Kier alpha value is -3.38. The molecular formula is C26H29N5O. The van der Waals surface area contributed by atoms with Crippen molar-refractivity contribution in [3.05, 3.63) is 90.1 Å². The highest BCUT2D eigenvalue weighted by atomic mass is 16.2. The number of anilines is 2. The van der Waals surface area contributed by atoms with Crippen molar-refractivity contribution in [1.29, 1.82) is 0 Å². The van der Waals surface area contributed by atoms with Crippen LogP contribution >= 0.6 is 0 Å². The van der Waals surface area contributed by atoms with Gasteiger partial charge < -0.3 is 20.0 Å². The molecule has 6 nitrogen and oxygen atoms in total. The van der Waals surface area contributed by atoms with Crippen LogP contribution < -0.4 is 15.1 Å². The summed E-state index contributed by atoms with van der Waals surface area (Å²) in [5.41, 5.74) is 3.17. The Morgan fingerprint density at radius 1 is 0.812 bits per heavy atom. The Morgan fingerprint density at radius 3 is 2.22 bits per heavy atom. The highest BCUT2D eigenvalue weighted by Crippen LogP contribution is 2.22. The Bertz CT molecular complexity index is 1020. The molecule has 0 aliphatic carbocycles. The fourth-order valence-electron chi connectivity index (χ4n) is 4.56. The van der Waals surface area contributed by atoms with Gasteiger partial charge in [0.15, 0.2) is 0 Å². The molecule has 2 aliphatic rings. The van der Waals surface area contributed by atoms with Gasteiger partial charge in [0, 0.05) is 63.7 Å². The van der Waals surface area contributed by atoms with E-state index in [2.05, 4.69) is 68.6 Å². The van der Waals surface area contributed by atoms with E-state index < -0.39 is 0 Å². The number of carbonyl (C=O) groups is 1. The van der Waals surface area contributed by atoms with Crippen LogP contribution in [0.2, 0.25) is 0 Å². The van der Waals surface area contributed by atoms with E-state index in [-0.39, 0.29) is 11.9 Å². The van der Waals surface area contributed by atoms with E-state index in [0.29, 0.717) is 5.56 Å². The van der Waals surface area contributed by atoms with Gasteiger partial charge in [-0.2, -0.15) is 0 Å². The maximum Gasteiger partial charge on any atom is 0.255 e. The van der Waals surface area contributed by atoms with Gasteiger partial charge in [-0.05, 0) is 29.8 Å². The molecule has 0 radical (unpaired) electrons. The van der Waals surface area contributed by atoms with E-state index in [1.807, 2.05) is 29.2 Å². The van der Waals surface area contributed by atoms with E-state index in [1.165, 1.54) is 11.3 Å². The Labute approximate surface area is 189 Å². The Kier molecular flexibility index (Phi) is 6.03. The molecule has 0 spiro atoms. The van der Waals surface area contributed by atoms with Crippen LogP contribution in [0.5, 0.6) is 0 Å². The molecule has 1 aromatic heterocycles. The van der Waals surface area contributed by atoms with Crippen LogP contribution in [0.4, 0.5) is 11.5 Å². The highest BCUT2D eigenvalue weighted by molar-refractivity contribution is 5.94. The van der Waals surface area contributed by atoms with Crippen molar-refractivity contribution < 1.29 is 4.79 Å². The number of piperazine rings is 2. The smallest absolute Gasteiger partial charge is 0.255 e. The first-order valence-corrected chi connectivity index (χ1v) is 11.4. The standard InChI is InChI=1S/C26H29N5O/c32-26(30-17-15-29(16-18-30)23-9-5-2-6-10-23)22-11-12-25(28-19-22)31-14-13-27-24(20-31)21-7-3-1-4-8-21/h1-12,19,24,27H,13-18,20H2/t24-/m1/s1. The first-order valence-electron chi connectivity index (χ1n) is 11.4. The molecule has 2 aromatic carbocycles. The molecule has 1 N–H and O–H groups in total. The predicted molar refractivity (Wildman–Crippen MR) is 128 cm³/mol. The van der Waals surface area contributed by atoms with Crippen molar-refractivity contribution in [3.63, 3.8) is 0 Å². The van der Waals surface area contributed by atoms with E-state index in [4.69, 9.17) is 0 Å². The molecule has 0 unspecified atom stereocenters. The monoisotopic (exact) mass is 427 g/mol. The molecule has 2 saturated heterocycles. The molecule has 2 fully saturated rings. The number of rotatable bonds is 4. The highest BCUT2D eigenvalue weighted by Gasteiger charge is 2.24. The van der Waals surface area contributed by atoms with E-state index in [9.17, 15) is 4.79 Å². The summed E-state index contributed by atoms with van der Waals surface area (Å²) in [5.74, 6) is 0.997. The maximum atomic E-state index is 13.0. The number of para-hydroxylation sites is 1. The number of hydrogen-bond acceptors (Lipinski definition) is 5. The van der Waals surface area contributed by atoms with Crippen molar-refractivity contribution in [3.8, 4) is 0 Å². The Balaban J connectivity index is 1.20. The molecule has 3 heterocycles. The van der Waals surface area contributed by atoms with Crippen LogP contribution in [0.3, 0.4) is 0 Å². The molecule has 1 atom stereocenters. The summed E-state index contributed by atoms with van der Waals surface area (Å²) < 4.78 is 0. The molecule has 32 heavy (non-hydrogen) atoms. The fourth-order valence-corrected chi connectivity index (χ4v) is 4.56. The molecule has 0 saturated carbocycles. The zero-order valence-electron chi connectivity index (χ0n) is 18.2. The first-order chi connectivity index (χ1) is 15.8. The molecule has 5 rings (SSSR count). The number of hydrogen-bond donors (Lipinski definition) is 1. The fraction of sp³-hybridized carbons (Fsp3) is 0.308. The minimum Gasteiger partial charge on any atom is -0.368 e. The predicted octanol–water partition coefficient (Wildman–Crippen LogP) is 3.19. The van der Waals surface area contributed by atoms with Gasteiger partial charge in [0.25, 0.3) is 5.91 Å². The molecule has 3 aromatic rings. The average molecular weight is 428 g/mol. The summed E-state index contributed by atoms with van der Waals surface area (Å²) in [4.78, 5) is 24.2. The number of aromatic nitrogens is 1. The lowest BCUT2D eigenvalue weighted by Crippen LogP contribution is -2.48. The van der Waals surface area contributed by atoms with Crippen LogP contribution in [0.15, 0.2) is 79.0 Å². The summed E-state index contributed by atoms with van der Waals surface area (Å²) >= 11 is 0. The molecular weight excluding hydrogens is 398 g/mol. The summed E-state index contributed by atoms with van der Waals surface area (Å²) in [6.45, 7) is 5.84. The SMILES string of the molecule is O=C(c1ccc(N2CCN[C@@H](c3ccccc3)C2)nc1)N1CCN(c2ccccc2)CC1. The van der Waals surface area contributed by atoms with Gasteiger partial charge in [0.1, 0.15) is 5.82 Å². The topological polar surface area (TPSA) is 51.7 Å².